The van der Waals surface area contributed by atoms with Crippen molar-refractivity contribution in [2.45, 2.75) is 39.2 Å². The summed E-state index contributed by atoms with van der Waals surface area (Å²) in [5.74, 6) is 0.256. The van der Waals surface area contributed by atoms with E-state index in [0.717, 1.165) is 29.1 Å². The second-order valence-electron chi connectivity index (χ2n) is 10.8. The molecule has 0 radical (unpaired) electrons. The van der Waals surface area contributed by atoms with Gasteiger partial charge in [0.15, 0.2) is 11.5 Å². The summed E-state index contributed by atoms with van der Waals surface area (Å²) in [5.41, 5.74) is 3.53. The number of rotatable bonds is 11. The summed E-state index contributed by atoms with van der Waals surface area (Å²) in [6.07, 6.45) is 3.31. The topological polar surface area (TPSA) is 151 Å². The van der Waals surface area contributed by atoms with E-state index in [4.69, 9.17) is 4.74 Å². The van der Waals surface area contributed by atoms with Crippen LogP contribution in [-0.2, 0) is 11.3 Å². The summed E-state index contributed by atoms with van der Waals surface area (Å²) in [6, 6.07) is 10.6. The lowest BCUT2D eigenvalue weighted by molar-refractivity contribution is -0.117. The molecule has 13 heteroatoms. The number of carbonyl (C=O) groups is 3. The van der Waals surface area contributed by atoms with Gasteiger partial charge in [0, 0.05) is 54.7 Å². The number of benzene rings is 1. The first-order valence-electron chi connectivity index (χ1n) is 14.2. The average molecular weight is 615 g/mol. The van der Waals surface area contributed by atoms with Crippen LogP contribution in [0.25, 0.3) is 11.1 Å². The first kappa shape index (κ1) is 30.5. The van der Waals surface area contributed by atoms with Gasteiger partial charge in [0.05, 0.1) is 35.7 Å². The number of thiazole rings is 1. The lowest BCUT2D eigenvalue weighted by Gasteiger charge is -2.18. The second-order valence-corrected chi connectivity index (χ2v) is 11.7. The number of hydrogen-bond acceptors (Lipinski definition) is 10. The highest BCUT2D eigenvalue weighted by molar-refractivity contribution is 7.09. The third-order valence-corrected chi connectivity index (χ3v) is 8.22. The molecule has 228 valence electrons. The second kappa shape index (κ2) is 13.2. The maximum absolute atomic E-state index is 13.1. The van der Waals surface area contributed by atoms with Crippen LogP contribution in [0.15, 0.2) is 48.0 Å². The van der Waals surface area contributed by atoms with E-state index < -0.39 is 5.91 Å². The van der Waals surface area contributed by atoms with Crippen LogP contribution >= 0.6 is 11.3 Å². The Labute approximate surface area is 259 Å². The standard InChI is InChI=1S/C31H34N8O4S/c1-17(2)30-34-20(16-44-30)15-39(4)31(42)23-12-11-19(14-33-23)21-7-6-8-22(27(21)43-5)35-24-13-25(36-28(40)18-9-10-18)37-38-26(24)29(41)32-3/h6-8,11-14,16-18H,9-10,15H2,1-5H3,(H,32,41)(H2,35,36,37,40). The van der Waals surface area contributed by atoms with Gasteiger partial charge in [-0.1, -0.05) is 32.0 Å². The number of aromatic nitrogens is 4. The molecule has 1 aliphatic rings. The lowest BCUT2D eigenvalue weighted by Crippen LogP contribution is -2.27. The summed E-state index contributed by atoms with van der Waals surface area (Å²) in [4.78, 5) is 48.6. The van der Waals surface area contributed by atoms with E-state index in [2.05, 4.69) is 50.0 Å². The smallest absolute Gasteiger partial charge is 0.273 e. The fraction of sp³-hybridized carbons (Fsp3) is 0.323. The molecule has 1 aromatic carbocycles. The molecule has 0 saturated heterocycles. The number of pyridine rings is 1. The molecule has 0 aliphatic heterocycles. The highest BCUT2D eigenvalue weighted by Crippen LogP contribution is 2.38. The van der Waals surface area contributed by atoms with Crippen LogP contribution in [0.5, 0.6) is 5.75 Å². The van der Waals surface area contributed by atoms with Gasteiger partial charge in [-0.15, -0.1) is 21.5 Å². The Bertz CT molecular complexity index is 1680. The minimum atomic E-state index is -0.445. The summed E-state index contributed by atoms with van der Waals surface area (Å²) in [7, 11) is 4.77. The van der Waals surface area contributed by atoms with Crippen molar-refractivity contribution in [3.05, 3.63) is 70.1 Å². The molecule has 0 spiro atoms. The fourth-order valence-corrected chi connectivity index (χ4v) is 5.31. The highest BCUT2D eigenvalue weighted by atomic mass is 32.1. The van der Waals surface area contributed by atoms with E-state index in [-0.39, 0.29) is 29.2 Å². The maximum atomic E-state index is 13.1. The normalized spacial score (nSPS) is 12.5. The van der Waals surface area contributed by atoms with E-state index in [1.54, 1.807) is 54.8 Å². The van der Waals surface area contributed by atoms with Crippen LogP contribution in [0.2, 0.25) is 0 Å². The monoisotopic (exact) mass is 614 g/mol. The Morgan fingerprint density at radius 2 is 1.91 bits per heavy atom. The van der Waals surface area contributed by atoms with Crippen LogP contribution < -0.4 is 20.7 Å². The van der Waals surface area contributed by atoms with Crippen molar-refractivity contribution >= 4 is 46.3 Å². The minimum absolute atomic E-state index is 0.0184. The van der Waals surface area contributed by atoms with Gasteiger partial charge in [0.25, 0.3) is 11.8 Å². The Hall–Kier alpha value is -4.91. The molecule has 3 N–H and O–H groups in total. The molecule has 44 heavy (non-hydrogen) atoms. The largest absolute Gasteiger partial charge is 0.494 e. The number of carbonyl (C=O) groups excluding carboxylic acids is 3. The van der Waals surface area contributed by atoms with E-state index in [0.29, 0.717) is 40.8 Å². The zero-order valence-electron chi connectivity index (χ0n) is 25.2. The van der Waals surface area contributed by atoms with E-state index in [1.165, 1.54) is 7.05 Å². The molecule has 0 bridgehead atoms. The Morgan fingerprint density at radius 3 is 2.55 bits per heavy atom. The Morgan fingerprint density at radius 1 is 1.11 bits per heavy atom. The van der Waals surface area contributed by atoms with Crippen molar-refractivity contribution in [2.75, 3.05) is 31.8 Å². The van der Waals surface area contributed by atoms with Crippen molar-refractivity contribution in [3.63, 3.8) is 0 Å². The van der Waals surface area contributed by atoms with Crippen molar-refractivity contribution in [1.82, 2.24) is 30.4 Å². The molecule has 12 nitrogen and oxygen atoms in total. The molecule has 1 fully saturated rings. The molecular weight excluding hydrogens is 580 g/mol. The Kier molecular flexibility index (Phi) is 9.14. The number of hydrogen-bond donors (Lipinski definition) is 3. The maximum Gasteiger partial charge on any atom is 0.273 e. The third-order valence-electron chi connectivity index (χ3n) is 7.03. The zero-order valence-corrected chi connectivity index (χ0v) is 26.0. The predicted molar refractivity (Wildman–Crippen MR) is 168 cm³/mol. The van der Waals surface area contributed by atoms with Gasteiger partial charge < -0.3 is 25.6 Å². The molecule has 3 aromatic heterocycles. The first-order chi connectivity index (χ1) is 21.2. The number of amides is 3. The van der Waals surface area contributed by atoms with Crippen LogP contribution in [0.3, 0.4) is 0 Å². The van der Waals surface area contributed by atoms with E-state index >= 15 is 0 Å². The first-order valence-corrected chi connectivity index (χ1v) is 15.1. The molecule has 0 unspecified atom stereocenters. The number of ether oxygens (including phenoxy) is 1. The third kappa shape index (κ3) is 6.83. The van der Waals surface area contributed by atoms with Gasteiger partial charge in [0.1, 0.15) is 11.4 Å². The van der Waals surface area contributed by atoms with E-state index in [1.807, 2.05) is 23.6 Å². The van der Waals surface area contributed by atoms with Crippen LogP contribution in [0.4, 0.5) is 17.2 Å². The summed E-state index contributed by atoms with van der Waals surface area (Å²) < 4.78 is 5.79. The van der Waals surface area contributed by atoms with Crippen LogP contribution in [-0.4, -0.2) is 64.0 Å². The fourth-order valence-electron chi connectivity index (χ4n) is 4.49. The molecule has 0 atom stereocenters. The molecule has 3 amide bonds. The zero-order chi connectivity index (χ0) is 31.4. The van der Waals surface area contributed by atoms with Crippen molar-refractivity contribution < 1.29 is 19.1 Å². The molecule has 5 rings (SSSR count). The minimum Gasteiger partial charge on any atom is -0.494 e. The number of methoxy groups -OCH3 is 1. The molecule has 4 aromatic rings. The quantitative estimate of drug-likeness (QED) is 0.215. The molecule has 3 heterocycles. The molecule has 1 aliphatic carbocycles. The van der Waals surface area contributed by atoms with Crippen molar-refractivity contribution in [2.24, 2.45) is 5.92 Å². The van der Waals surface area contributed by atoms with Crippen molar-refractivity contribution in [1.29, 1.82) is 0 Å². The van der Waals surface area contributed by atoms with Gasteiger partial charge in [-0.25, -0.2) is 4.98 Å². The van der Waals surface area contributed by atoms with Gasteiger partial charge in [-0.2, -0.15) is 0 Å². The van der Waals surface area contributed by atoms with Gasteiger partial charge in [-0.05, 0) is 25.0 Å². The van der Waals surface area contributed by atoms with Gasteiger partial charge in [0.2, 0.25) is 5.91 Å². The summed E-state index contributed by atoms with van der Waals surface area (Å²) >= 11 is 1.60. The van der Waals surface area contributed by atoms with Gasteiger partial charge in [-0.3, -0.25) is 19.4 Å². The van der Waals surface area contributed by atoms with E-state index in [9.17, 15) is 14.4 Å². The summed E-state index contributed by atoms with van der Waals surface area (Å²) in [6.45, 7) is 4.58. The molecule has 1 saturated carbocycles. The SMILES string of the molecule is CNC(=O)c1nnc(NC(=O)C2CC2)cc1Nc1cccc(-c2ccc(C(=O)N(C)Cc3csc(C(C)C)n3)nc2)c1OC. The number of nitrogens with one attached hydrogen (secondary N) is 3. The van der Waals surface area contributed by atoms with Gasteiger partial charge >= 0.3 is 0 Å². The predicted octanol–water partition coefficient (Wildman–Crippen LogP) is 4.85. The molecular formula is C31H34N8O4S. The average Bonchev–Trinajstić information content (AvgIpc) is 3.78. The van der Waals surface area contributed by atoms with Crippen LogP contribution in [0.1, 0.15) is 64.3 Å². The summed E-state index contributed by atoms with van der Waals surface area (Å²) in [5, 5.41) is 19.6. The van der Waals surface area contributed by atoms with Crippen LogP contribution in [0, 0.1) is 5.92 Å². The number of nitrogens with zero attached hydrogens (tertiary/aromatic N) is 5. The Balaban J connectivity index is 1.37. The number of para-hydroxylation sites is 1. The van der Waals surface area contributed by atoms with Crippen molar-refractivity contribution in [3.8, 4) is 16.9 Å². The number of anilines is 3. The highest BCUT2D eigenvalue weighted by Gasteiger charge is 2.30. The lowest BCUT2D eigenvalue weighted by atomic mass is 10.0.